The topological polar surface area (TPSA) is 88.0 Å². The van der Waals surface area contributed by atoms with Crippen LogP contribution in [-0.4, -0.2) is 62.1 Å². The molecule has 1 aliphatic heterocycles. The molecule has 0 spiro atoms. The smallest absolute Gasteiger partial charge is 0.282 e. The molecule has 160 valence electrons. The Morgan fingerprint density at radius 1 is 1.20 bits per heavy atom. The van der Waals surface area contributed by atoms with E-state index in [1.54, 1.807) is 7.11 Å². The molecule has 0 saturated carbocycles. The summed E-state index contributed by atoms with van der Waals surface area (Å²) in [6.45, 7) is 4.94. The number of halogens is 1. The lowest BCUT2D eigenvalue weighted by molar-refractivity contribution is -0.385. The highest BCUT2D eigenvalue weighted by Crippen LogP contribution is 2.28. The van der Waals surface area contributed by atoms with Gasteiger partial charge in [0, 0.05) is 43.8 Å². The van der Waals surface area contributed by atoms with E-state index in [4.69, 9.17) is 16.3 Å². The third kappa shape index (κ3) is 5.40. The highest BCUT2D eigenvalue weighted by Gasteiger charge is 2.21. The monoisotopic (exact) mass is 432 g/mol. The van der Waals surface area contributed by atoms with Gasteiger partial charge in [-0.2, -0.15) is 0 Å². The van der Waals surface area contributed by atoms with Gasteiger partial charge in [0.1, 0.15) is 11.3 Å². The molecule has 1 fully saturated rings. The van der Waals surface area contributed by atoms with E-state index >= 15 is 0 Å². The number of carbonyl (C=O) groups excluding carboxylic acids is 1. The lowest BCUT2D eigenvalue weighted by Crippen LogP contribution is -2.47. The molecule has 0 bridgehead atoms. The minimum Gasteiger partial charge on any atom is -0.495 e. The Morgan fingerprint density at radius 3 is 2.63 bits per heavy atom. The zero-order valence-corrected chi connectivity index (χ0v) is 17.6. The summed E-state index contributed by atoms with van der Waals surface area (Å²) in [7, 11) is 1.68. The molecule has 1 amide bonds. The Morgan fingerprint density at radius 2 is 1.93 bits per heavy atom. The Bertz CT molecular complexity index is 900. The third-order valence-electron chi connectivity index (χ3n) is 5.13. The van der Waals surface area contributed by atoms with Gasteiger partial charge in [0.25, 0.3) is 11.6 Å². The number of carbonyl (C=O) groups is 1. The third-order valence-corrected chi connectivity index (χ3v) is 5.37. The highest BCUT2D eigenvalue weighted by atomic mass is 35.5. The van der Waals surface area contributed by atoms with Crippen molar-refractivity contribution in [3.63, 3.8) is 0 Å². The largest absolute Gasteiger partial charge is 0.495 e. The standard InChI is InChI=1S/C21H25ClN4O4/c1-30-20-6-3-2-5-19(20)25-13-11-24(12-14-25)10-4-9-23-21(27)17-15-16(22)7-8-18(17)26(28)29/h2-3,5-8,15H,4,9-14H2,1H3,(H,23,27). The average molecular weight is 433 g/mol. The number of para-hydroxylation sites is 2. The van der Waals surface area contributed by atoms with Crippen molar-refractivity contribution in [1.82, 2.24) is 10.2 Å². The molecule has 1 aliphatic rings. The maximum Gasteiger partial charge on any atom is 0.282 e. The van der Waals surface area contributed by atoms with Gasteiger partial charge in [-0.05, 0) is 37.2 Å². The number of benzene rings is 2. The van der Waals surface area contributed by atoms with Crippen molar-refractivity contribution in [2.24, 2.45) is 0 Å². The molecule has 2 aromatic carbocycles. The predicted molar refractivity (Wildman–Crippen MR) is 117 cm³/mol. The summed E-state index contributed by atoms with van der Waals surface area (Å²) in [6.07, 6.45) is 0.759. The fraction of sp³-hybridized carbons (Fsp3) is 0.381. The van der Waals surface area contributed by atoms with E-state index in [0.29, 0.717) is 11.6 Å². The molecule has 0 aliphatic carbocycles. The van der Waals surface area contributed by atoms with Crippen LogP contribution in [0.3, 0.4) is 0 Å². The van der Waals surface area contributed by atoms with E-state index in [0.717, 1.165) is 50.6 Å². The van der Waals surface area contributed by atoms with Crippen molar-refractivity contribution in [3.8, 4) is 5.75 Å². The molecular weight excluding hydrogens is 408 g/mol. The van der Waals surface area contributed by atoms with Crippen molar-refractivity contribution >= 4 is 28.9 Å². The summed E-state index contributed by atoms with van der Waals surface area (Å²) in [4.78, 5) is 27.5. The minimum absolute atomic E-state index is 0.0158. The number of methoxy groups -OCH3 is 1. The van der Waals surface area contributed by atoms with E-state index in [9.17, 15) is 14.9 Å². The fourth-order valence-electron chi connectivity index (χ4n) is 3.55. The SMILES string of the molecule is COc1ccccc1N1CCN(CCCNC(=O)c2cc(Cl)ccc2[N+](=O)[O-])CC1. The average Bonchev–Trinajstić information content (AvgIpc) is 2.76. The van der Waals surface area contributed by atoms with Gasteiger partial charge in [-0.1, -0.05) is 23.7 Å². The number of amides is 1. The van der Waals surface area contributed by atoms with E-state index < -0.39 is 10.8 Å². The number of rotatable bonds is 8. The van der Waals surface area contributed by atoms with Crippen LogP contribution in [0.15, 0.2) is 42.5 Å². The van der Waals surface area contributed by atoms with Crippen LogP contribution in [0.2, 0.25) is 5.02 Å². The molecule has 1 heterocycles. The van der Waals surface area contributed by atoms with Gasteiger partial charge in [-0.3, -0.25) is 19.8 Å². The van der Waals surface area contributed by atoms with Crippen LogP contribution in [0.5, 0.6) is 5.75 Å². The molecule has 3 rings (SSSR count). The first-order chi connectivity index (χ1) is 14.5. The highest BCUT2D eigenvalue weighted by molar-refractivity contribution is 6.31. The molecule has 8 nitrogen and oxygen atoms in total. The summed E-state index contributed by atoms with van der Waals surface area (Å²) in [5.41, 5.74) is 0.845. The number of nitrogens with one attached hydrogen (secondary N) is 1. The summed E-state index contributed by atoms with van der Waals surface area (Å²) in [5, 5.41) is 14.2. The van der Waals surface area contributed by atoms with Crippen LogP contribution in [0.25, 0.3) is 0 Å². The molecule has 1 N–H and O–H groups in total. The number of nitrogens with zero attached hydrogens (tertiary/aromatic N) is 3. The molecule has 1 saturated heterocycles. The number of nitro groups is 1. The van der Waals surface area contributed by atoms with E-state index in [1.807, 2.05) is 18.2 Å². The number of hydrogen-bond donors (Lipinski definition) is 1. The predicted octanol–water partition coefficient (Wildman–Crippen LogP) is 3.20. The second-order valence-corrected chi connectivity index (χ2v) is 7.47. The Hall–Kier alpha value is -2.84. The quantitative estimate of drug-likeness (QED) is 0.391. The normalized spacial score (nSPS) is 14.4. The van der Waals surface area contributed by atoms with Crippen LogP contribution in [-0.2, 0) is 0 Å². The molecule has 30 heavy (non-hydrogen) atoms. The van der Waals surface area contributed by atoms with Crippen LogP contribution in [0.4, 0.5) is 11.4 Å². The van der Waals surface area contributed by atoms with E-state index in [2.05, 4.69) is 21.2 Å². The van der Waals surface area contributed by atoms with Gasteiger partial charge < -0.3 is 15.0 Å². The van der Waals surface area contributed by atoms with Crippen molar-refractivity contribution in [1.29, 1.82) is 0 Å². The number of nitro benzene ring substituents is 1. The molecule has 0 aromatic heterocycles. The number of anilines is 1. The van der Waals surface area contributed by atoms with Gasteiger partial charge >= 0.3 is 0 Å². The van der Waals surface area contributed by atoms with Gasteiger partial charge in [0.15, 0.2) is 0 Å². The molecule has 9 heteroatoms. The lowest BCUT2D eigenvalue weighted by Gasteiger charge is -2.36. The number of piperazine rings is 1. The van der Waals surface area contributed by atoms with Crippen molar-refractivity contribution in [2.45, 2.75) is 6.42 Å². The van der Waals surface area contributed by atoms with Crippen LogP contribution in [0, 0.1) is 10.1 Å². The van der Waals surface area contributed by atoms with Crippen molar-refractivity contribution < 1.29 is 14.5 Å². The zero-order valence-electron chi connectivity index (χ0n) is 16.8. The zero-order chi connectivity index (χ0) is 21.5. The Kier molecular flexibility index (Phi) is 7.48. The maximum atomic E-state index is 12.3. The molecule has 0 radical (unpaired) electrons. The summed E-state index contributed by atoms with van der Waals surface area (Å²) < 4.78 is 5.45. The summed E-state index contributed by atoms with van der Waals surface area (Å²) in [6, 6.07) is 12.0. The molecular formula is C21H25ClN4O4. The van der Waals surface area contributed by atoms with Crippen LogP contribution < -0.4 is 15.0 Å². The first-order valence-corrected chi connectivity index (χ1v) is 10.2. The van der Waals surface area contributed by atoms with Gasteiger partial charge in [0.05, 0.1) is 17.7 Å². The van der Waals surface area contributed by atoms with Gasteiger partial charge in [-0.25, -0.2) is 0 Å². The maximum absolute atomic E-state index is 12.3. The Labute approximate surface area is 180 Å². The van der Waals surface area contributed by atoms with Gasteiger partial charge in [-0.15, -0.1) is 0 Å². The summed E-state index contributed by atoms with van der Waals surface area (Å²) in [5.74, 6) is 0.397. The van der Waals surface area contributed by atoms with E-state index in [1.165, 1.54) is 18.2 Å². The molecule has 2 aromatic rings. The van der Waals surface area contributed by atoms with Crippen LogP contribution >= 0.6 is 11.6 Å². The second-order valence-electron chi connectivity index (χ2n) is 7.03. The fourth-order valence-corrected chi connectivity index (χ4v) is 3.72. The van der Waals surface area contributed by atoms with Crippen LogP contribution in [0.1, 0.15) is 16.8 Å². The Balaban J connectivity index is 1.43. The lowest BCUT2D eigenvalue weighted by atomic mass is 10.1. The van der Waals surface area contributed by atoms with Crippen molar-refractivity contribution in [3.05, 3.63) is 63.2 Å². The van der Waals surface area contributed by atoms with Gasteiger partial charge in [0.2, 0.25) is 0 Å². The second kappa shape index (κ2) is 10.3. The van der Waals surface area contributed by atoms with Crippen molar-refractivity contribution in [2.75, 3.05) is 51.3 Å². The molecule has 0 atom stereocenters. The number of hydrogen-bond acceptors (Lipinski definition) is 6. The summed E-state index contributed by atoms with van der Waals surface area (Å²) >= 11 is 5.88. The minimum atomic E-state index is -0.577. The number of ether oxygens (including phenoxy) is 1. The first-order valence-electron chi connectivity index (χ1n) is 9.82. The first kappa shape index (κ1) is 21.9. The molecule has 0 unspecified atom stereocenters. The van der Waals surface area contributed by atoms with E-state index in [-0.39, 0.29) is 11.3 Å².